The zero-order valence-corrected chi connectivity index (χ0v) is 17.8. The lowest BCUT2D eigenvalue weighted by molar-refractivity contribution is 0.0946. The second-order valence-corrected chi connectivity index (χ2v) is 8.05. The standard InChI is InChI=1S/C21H23BrN6O/c1-27-9-11-28(12-10-27)20-16(3-2-8-23-20)14-24-21(29)19-13-18(25-26-19)15-4-6-17(22)7-5-15/h2-8,13H,9-12,14H2,1H3,(H,24,29)(H,25,26). The number of anilines is 1. The Hall–Kier alpha value is -2.71. The third-order valence-corrected chi connectivity index (χ3v) is 5.60. The highest BCUT2D eigenvalue weighted by atomic mass is 79.9. The molecule has 1 saturated heterocycles. The molecule has 150 valence electrons. The van der Waals surface area contributed by atoms with Gasteiger partial charge in [0, 0.05) is 54.5 Å². The number of aromatic nitrogens is 3. The van der Waals surface area contributed by atoms with E-state index < -0.39 is 0 Å². The van der Waals surface area contributed by atoms with E-state index in [0.717, 1.165) is 53.3 Å². The summed E-state index contributed by atoms with van der Waals surface area (Å²) in [5, 5.41) is 10.1. The first kappa shape index (κ1) is 19.6. The predicted molar refractivity (Wildman–Crippen MR) is 117 cm³/mol. The Bertz CT molecular complexity index is 979. The van der Waals surface area contributed by atoms with E-state index >= 15 is 0 Å². The molecule has 0 unspecified atom stereocenters. The molecule has 7 nitrogen and oxygen atoms in total. The van der Waals surface area contributed by atoms with Gasteiger partial charge in [-0.25, -0.2) is 4.98 Å². The summed E-state index contributed by atoms with van der Waals surface area (Å²) in [6.07, 6.45) is 1.80. The van der Waals surface area contributed by atoms with Crippen LogP contribution in [0.4, 0.5) is 5.82 Å². The minimum Gasteiger partial charge on any atom is -0.354 e. The highest BCUT2D eigenvalue weighted by molar-refractivity contribution is 9.10. The zero-order chi connectivity index (χ0) is 20.2. The Morgan fingerprint density at radius 2 is 1.93 bits per heavy atom. The van der Waals surface area contributed by atoms with Gasteiger partial charge in [-0.05, 0) is 31.3 Å². The molecule has 0 atom stereocenters. The van der Waals surface area contributed by atoms with E-state index in [4.69, 9.17) is 0 Å². The van der Waals surface area contributed by atoms with Gasteiger partial charge in [-0.2, -0.15) is 5.10 Å². The quantitative estimate of drug-likeness (QED) is 0.619. The maximum absolute atomic E-state index is 12.6. The second-order valence-electron chi connectivity index (χ2n) is 7.13. The van der Waals surface area contributed by atoms with Gasteiger partial charge in [0.1, 0.15) is 11.5 Å². The molecule has 8 heteroatoms. The minimum absolute atomic E-state index is 0.186. The van der Waals surface area contributed by atoms with Crippen molar-refractivity contribution in [2.45, 2.75) is 6.54 Å². The maximum atomic E-state index is 12.6. The summed E-state index contributed by atoms with van der Waals surface area (Å²) in [6, 6.07) is 13.5. The summed E-state index contributed by atoms with van der Waals surface area (Å²) in [5.74, 6) is 0.759. The van der Waals surface area contributed by atoms with E-state index in [-0.39, 0.29) is 5.91 Å². The van der Waals surface area contributed by atoms with Crippen LogP contribution in [0.2, 0.25) is 0 Å². The lowest BCUT2D eigenvalue weighted by atomic mass is 10.1. The first-order chi connectivity index (χ1) is 14.1. The predicted octanol–water partition coefficient (Wildman–Crippen LogP) is 2.92. The molecule has 0 bridgehead atoms. The van der Waals surface area contributed by atoms with Crippen molar-refractivity contribution in [3.8, 4) is 11.3 Å². The van der Waals surface area contributed by atoms with Crippen LogP contribution in [0.5, 0.6) is 0 Å². The van der Waals surface area contributed by atoms with Gasteiger partial charge in [0.05, 0.1) is 5.69 Å². The summed E-state index contributed by atoms with van der Waals surface area (Å²) in [6.45, 7) is 4.31. The number of benzene rings is 1. The largest absolute Gasteiger partial charge is 0.354 e. The maximum Gasteiger partial charge on any atom is 0.269 e. The molecule has 0 saturated carbocycles. The van der Waals surface area contributed by atoms with Crippen LogP contribution in [0.15, 0.2) is 53.1 Å². The summed E-state index contributed by atoms with van der Waals surface area (Å²) in [5.41, 5.74) is 3.14. The van der Waals surface area contributed by atoms with Gasteiger partial charge in [-0.1, -0.05) is 34.1 Å². The number of piperazine rings is 1. The highest BCUT2D eigenvalue weighted by Crippen LogP contribution is 2.21. The van der Waals surface area contributed by atoms with Crippen LogP contribution >= 0.6 is 15.9 Å². The van der Waals surface area contributed by atoms with Crippen LogP contribution in [0.3, 0.4) is 0 Å². The molecule has 3 aromatic rings. The van der Waals surface area contributed by atoms with E-state index in [1.54, 1.807) is 12.3 Å². The van der Waals surface area contributed by atoms with Crippen LogP contribution in [-0.2, 0) is 6.54 Å². The molecule has 4 rings (SSSR count). The fourth-order valence-electron chi connectivity index (χ4n) is 3.35. The fourth-order valence-corrected chi connectivity index (χ4v) is 3.61. The number of nitrogens with zero attached hydrogens (tertiary/aromatic N) is 4. The molecule has 1 aliphatic rings. The molecule has 1 fully saturated rings. The fraction of sp³-hybridized carbons (Fsp3) is 0.286. The lowest BCUT2D eigenvalue weighted by Gasteiger charge is -2.34. The summed E-state index contributed by atoms with van der Waals surface area (Å²) >= 11 is 3.42. The summed E-state index contributed by atoms with van der Waals surface area (Å²) < 4.78 is 1.00. The van der Waals surface area contributed by atoms with Gasteiger partial charge >= 0.3 is 0 Å². The SMILES string of the molecule is CN1CCN(c2ncccc2CNC(=O)c2cc(-c3ccc(Br)cc3)n[nH]2)CC1. The second kappa shape index (κ2) is 8.75. The molecule has 3 heterocycles. The number of hydrogen-bond acceptors (Lipinski definition) is 5. The van der Waals surface area contributed by atoms with Crippen LogP contribution in [0.25, 0.3) is 11.3 Å². The molecule has 29 heavy (non-hydrogen) atoms. The number of nitrogens with one attached hydrogen (secondary N) is 2. The zero-order valence-electron chi connectivity index (χ0n) is 16.2. The van der Waals surface area contributed by atoms with Crippen LogP contribution in [0.1, 0.15) is 16.1 Å². The molecule has 2 N–H and O–H groups in total. The highest BCUT2D eigenvalue weighted by Gasteiger charge is 2.18. The first-order valence-corrected chi connectivity index (χ1v) is 10.4. The molecule has 1 aromatic carbocycles. The van der Waals surface area contributed by atoms with Crippen molar-refractivity contribution >= 4 is 27.7 Å². The van der Waals surface area contributed by atoms with Gasteiger partial charge in [0.15, 0.2) is 0 Å². The Morgan fingerprint density at radius 1 is 1.17 bits per heavy atom. The van der Waals surface area contributed by atoms with Gasteiger partial charge in [-0.15, -0.1) is 0 Å². The molecular weight excluding hydrogens is 432 g/mol. The Morgan fingerprint density at radius 3 is 2.69 bits per heavy atom. The van der Waals surface area contributed by atoms with E-state index in [1.165, 1.54) is 0 Å². The molecule has 1 aliphatic heterocycles. The normalized spacial score (nSPS) is 14.8. The monoisotopic (exact) mass is 454 g/mol. The van der Waals surface area contributed by atoms with Crippen molar-refractivity contribution in [1.82, 2.24) is 25.4 Å². The Kier molecular flexibility index (Phi) is 5.92. The minimum atomic E-state index is -0.186. The third kappa shape index (κ3) is 4.65. The third-order valence-electron chi connectivity index (χ3n) is 5.07. The number of aromatic amines is 1. The van der Waals surface area contributed by atoms with Gasteiger partial charge in [0.2, 0.25) is 0 Å². The van der Waals surface area contributed by atoms with Gasteiger partial charge < -0.3 is 15.1 Å². The van der Waals surface area contributed by atoms with Crippen molar-refractivity contribution < 1.29 is 4.79 Å². The van der Waals surface area contributed by atoms with Crippen molar-refractivity contribution in [3.05, 3.63) is 64.4 Å². The summed E-state index contributed by atoms with van der Waals surface area (Å²) in [7, 11) is 2.13. The topological polar surface area (TPSA) is 77.2 Å². The number of halogens is 1. The molecule has 0 radical (unpaired) electrons. The number of pyridine rings is 1. The van der Waals surface area contributed by atoms with Crippen LogP contribution in [-0.4, -0.2) is 59.2 Å². The first-order valence-electron chi connectivity index (χ1n) is 9.57. The van der Waals surface area contributed by atoms with E-state index in [2.05, 4.69) is 53.3 Å². The molecule has 0 spiro atoms. The van der Waals surface area contributed by atoms with Crippen molar-refractivity contribution in [3.63, 3.8) is 0 Å². The molecule has 2 aromatic heterocycles. The van der Waals surface area contributed by atoms with Gasteiger partial charge in [0.25, 0.3) is 5.91 Å². The van der Waals surface area contributed by atoms with Crippen molar-refractivity contribution in [2.75, 3.05) is 38.1 Å². The number of carbonyl (C=O) groups is 1. The average Bonchev–Trinajstić information content (AvgIpc) is 3.24. The molecule has 0 aliphatic carbocycles. The number of amides is 1. The lowest BCUT2D eigenvalue weighted by Crippen LogP contribution is -2.45. The Labute approximate surface area is 178 Å². The molecule has 1 amide bonds. The smallest absolute Gasteiger partial charge is 0.269 e. The summed E-state index contributed by atoms with van der Waals surface area (Å²) in [4.78, 5) is 21.8. The number of carbonyl (C=O) groups excluding carboxylic acids is 1. The number of likely N-dealkylation sites (N-methyl/N-ethyl adjacent to an activating group) is 1. The Balaban J connectivity index is 1.42. The van der Waals surface area contributed by atoms with Crippen molar-refractivity contribution in [2.24, 2.45) is 0 Å². The van der Waals surface area contributed by atoms with Crippen LogP contribution < -0.4 is 10.2 Å². The van der Waals surface area contributed by atoms with E-state index in [0.29, 0.717) is 12.2 Å². The van der Waals surface area contributed by atoms with E-state index in [9.17, 15) is 4.79 Å². The van der Waals surface area contributed by atoms with Crippen LogP contribution in [0, 0.1) is 0 Å². The van der Waals surface area contributed by atoms with Crippen molar-refractivity contribution in [1.29, 1.82) is 0 Å². The number of H-pyrrole nitrogens is 1. The number of rotatable bonds is 5. The molecular formula is C21H23BrN6O. The average molecular weight is 455 g/mol. The van der Waals surface area contributed by atoms with E-state index in [1.807, 2.05) is 36.4 Å². The van der Waals surface area contributed by atoms with Gasteiger partial charge in [-0.3, -0.25) is 9.89 Å². The number of hydrogen-bond donors (Lipinski definition) is 2.